The summed E-state index contributed by atoms with van der Waals surface area (Å²) in [5.41, 5.74) is 2.92. The number of benzene rings is 1. The van der Waals surface area contributed by atoms with Crippen molar-refractivity contribution in [3.8, 4) is 5.69 Å². The lowest BCUT2D eigenvalue weighted by atomic mass is 10.2. The molecule has 4 heteroatoms. The summed E-state index contributed by atoms with van der Waals surface area (Å²) in [4.78, 5) is 15.0. The fraction of sp³-hybridized carbons (Fsp3) is 0.118. The SMILES string of the molecule is O=C(NCCc1cc[nH]c1)c1ccc(-n2cccc2)cc1. The van der Waals surface area contributed by atoms with Gasteiger partial charge in [0.25, 0.3) is 5.91 Å². The first-order chi connectivity index (χ1) is 10.3. The van der Waals surface area contributed by atoms with Crippen LogP contribution >= 0.6 is 0 Å². The minimum atomic E-state index is -0.0374. The lowest BCUT2D eigenvalue weighted by molar-refractivity contribution is 0.0954. The molecule has 106 valence electrons. The van der Waals surface area contributed by atoms with Crippen molar-refractivity contribution < 1.29 is 4.79 Å². The van der Waals surface area contributed by atoms with Gasteiger partial charge in [-0.15, -0.1) is 0 Å². The van der Waals surface area contributed by atoms with Crippen molar-refractivity contribution in [1.29, 1.82) is 0 Å². The normalized spacial score (nSPS) is 10.5. The smallest absolute Gasteiger partial charge is 0.251 e. The zero-order chi connectivity index (χ0) is 14.5. The van der Waals surface area contributed by atoms with Gasteiger partial charge in [0, 0.05) is 42.6 Å². The highest BCUT2D eigenvalue weighted by molar-refractivity contribution is 5.94. The van der Waals surface area contributed by atoms with E-state index in [9.17, 15) is 4.79 Å². The number of aromatic nitrogens is 2. The average molecular weight is 279 g/mol. The minimum absolute atomic E-state index is 0.0374. The van der Waals surface area contributed by atoms with E-state index in [4.69, 9.17) is 0 Å². The second kappa shape index (κ2) is 6.13. The van der Waals surface area contributed by atoms with Gasteiger partial charge < -0.3 is 14.9 Å². The van der Waals surface area contributed by atoms with Crippen LogP contribution in [0.1, 0.15) is 15.9 Å². The number of rotatable bonds is 5. The Labute approximate surface area is 123 Å². The van der Waals surface area contributed by atoms with Crippen LogP contribution in [0.3, 0.4) is 0 Å². The van der Waals surface area contributed by atoms with Gasteiger partial charge in [-0.1, -0.05) is 0 Å². The van der Waals surface area contributed by atoms with E-state index in [0.29, 0.717) is 12.1 Å². The monoisotopic (exact) mass is 279 g/mol. The first-order valence-corrected chi connectivity index (χ1v) is 6.96. The van der Waals surface area contributed by atoms with Gasteiger partial charge in [-0.05, 0) is 54.4 Å². The summed E-state index contributed by atoms with van der Waals surface area (Å²) >= 11 is 0. The number of carbonyl (C=O) groups excluding carboxylic acids is 1. The maximum Gasteiger partial charge on any atom is 0.251 e. The van der Waals surface area contributed by atoms with Crippen LogP contribution < -0.4 is 5.32 Å². The maximum atomic E-state index is 12.0. The van der Waals surface area contributed by atoms with E-state index in [1.54, 1.807) is 0 Å². The molecule has 0 aliphatic rings. The van der Waals surface area contributed by atoms with Gasteiger partial charge in [0.15, 0.2) is 0 Å². The topological polar surface area (TPSA) is 49.8 Å². The Bertz CT molecular complexity index is 682. The number of nitrogens with zero attached hydrogens (tertiary/aromatic N) is 1. The highest BCUT2D eigenvalue weighted by Crippen LogP contribution is 2.10. The van der Waals surface area contributed by atoms with Gasteiger partial charge in [-0.2, -0.15) is 0 Å². The van der Waals surface area contributed by atoms with E-state index in [1.165, 1.54) is 5.56 Å². The van der Waals surface area contributed by atoms with E-state index in [0.717, 1.165) is 12.1 Å². The van der Waals surface area contributed by atoms with Crippen molar-refractivity contribution >= 4 is 5.91 Å². The van der Waals surface area contributed by atoms with Crippen molar-refractivity contribution in [2.45, 2.75) is 6.42 Å². The van der Waals surface area contributed by atoms with E-state index >= 15 is 0 Å². The van der Waals surface area contributed by atoms with E-state index in [-0.39, 0.29) is 5.91 Å². The molecular weight excluding hydrogens is 262 g/mol. The Balaban J connectivity index is 1.57. The van der Waals surface area contributed by atoms with E-state index < -0.39 is 0 Å². The Morgan fingerprint density at radius 1 is 1.10 bits per heavy atom. The van der Waals surface area contributed by atoms with Crippen molar-refractivity contribution in [1.82, 2.24) is 14.9 Å². The van der Waals surface area contributed by atoms with Crippen LogP contribution in [0.4, 0.5) is 0 Å². The standard InChI is InChI=1S/C17H17N3O/c21-17(19-10-8-14-7-9-18-13-14)15-3-5-16(6-4-15)20-11-1-2-12-20/h1-7,9,11-13,18H,8,10H2,(H,19,21). The van der Waals surface area contributed by atoms with E-state index in [1.807, 2.05) is 71.8 Å². The molecule has 0 saturated heterocycles. The summed E-state index contributed by atoms with van der Waals surface area (Å²) in [6.07, 6.45) is 8.61. The van der Waals surface area contributed by atoms with Crippen LogP contribution in [0.2, 0.25) is 0 Å². The fourth-order valence-electron chi connectivity index (χ4n) is 2.23. The molecule has 2 N–H and O–H groups in total. The van der Waals surface area contributed by atoms with Crippen LogP contribution in [0, 0.1) is 0 Å². The quantitative estimate of drug-likeness (QED) is 0.741. The summed E-state index contributed by atoms with van der Waals surface area (Å²) in [6.45, 7) is 0.635. The third kappa shape index (κ3) is 3.23. The minimum Gasteiger partial charge on any atom is -0.367 e. The molecule has 0 saturated carbocycles. The molecule has 0 atom stereocenters. The zero-order valence-electron chi connectivity index (χ0n) is 11.6. The number of carbonyl (C=O) groups is 1. The predicted molar refractivity (Wildman–Crippen MR) is 82.6 cm³/mol. The van der Waals surface area contributed by atoms with Crippen LogP contribution in [0.15, 0.2) is 67.3 Å². The molecule has 4 nitrogen and oxygen atoms in total. The summed E-state index contributed by atoms with van der Waals surface area (Å²) in [5.74, 6) is -0.0374. The van der Waals surface area contributed by atoms with Gasteiger partial charge >= 0.3 is 0 Å². The van der Waals surface area contributed by atoms with Crippen molar-refractivity contribution in [2.75, 3.05) is 6.54 Å². The lowest BCUT2D eigenvalue weighted by Crippen LogP contribution is -2.25. The number of nitrogens with one attached hydrogen (secondary N) is 2. The number of aromatic amines is 1. The second-order valence-corrected chi connectivity index (χ2v) is 4.86. The number of hydrogen-bond donors (Lipinski definition) is 2. The van der Waals surface area contributed by atoms with Gasteiger partial charge in [-0.25, -0.2) is 0 Å². The van der Waals surface area contributed by atoms with Crippen molar-refractivity contribution in [3.63, 3.8) is 0 Å². The third-order valence-electron chi connectivity index (χ3n) is 3.39. The Kier molecular flexibility index (Phi) is 3.87. The predicted octanol–water partition coefficient (Wildman–Crippen LogP) is 2.78. The third-order valence-corrected chi connectivity index (χ3v) is 3.39. The van der Waals surface area contributed by atoms with Crippen LogP contribution in [-0.2, 0) is 6.42 Å². The zero-order valence-corrected chi connectivity index (χ0v) is 11.6. The van der Waals surface area contributed by atoms with Crippen LogP contribution in [0.25, 0.3) is 5.69 Å². The summed E-state index contributed by atoms with van der Waals surface area (Å²) < 4.78 is 2.01. The molecule has 1 amide bonds. The summed E-state index contributed by atoms with van der Waals surface area (Å²) in [5, 5.41) is 2.93. The molecule has 0 unspecified atom stereocenters. The molecule has 3 aromatic rings. The van der Waals surface area contributed by atoms with Crippen molar-refractivity contribution in [2.24, 2.45) is 0 Å². The summed E-state index contributed by atoms with van der Waals surface area (Å²) in [6, 6.07) is 13.5. The summed E-state index contributed by atoms with van der Waals surface area (Å²) in [7, 11) is 0. The molecule has 0 aliphatic heterocycles. The van der Waals surface area contributed by atoms with Crippen LogP contribution in [0.5, 0.6) is 0 Å². The van der Waals surface area contributed by atoms with Gasteiger partial charge in [0.2, 0.25) is 0 Å². The first kappa shape index (κ1) is 13.2. The highest BCUT2D eigenvalue weighted by Gasteiger charge is 2.05. The molecular formula is C17H17N3O. The second-order valence-electron chi connectivity index (χ2n) is 4.86. The molecule has 2 heterocycles. The van der Waals surface area contributed by atoms with Crippen LogP contribution in [-0.4, -0.2) is 22.0 Å². The van der Waals surface area contributed by atoms with E-state index in [2.05, 4.69) is 10.3 Å². The molecule has 0 bridgehead atoms. The Hall–Kier alpha value is -2.75. The number of amides is 1. The molecule has 2 aromatic heterocycles. The van der Waals surface area contributed by atoms with Gasteiger partial charge in [-0.3, -0.25) is 4.79 Å². The molecule has 3 rings (SSSR count). The number of H-pyrrole nitrogens is 1. The molecule has 0 radical (unpaired) electrons. The number of hydrogen-bond acceptors (Lipinski definition) is 1. The highest BCUT2D eigenvalue weighted by atomic mass is 16.1. The fourth-order valence-corrected chi connectivity index (χ4v) is 2.23. The van der Waals surface area contributed by atoms with Gasteiger partial charge in [0.1, 0.15) is 0 Å². The maximum absolute atomic E-state index is 12.0. The molecule has 21 heavy (non-hydrogen) atoms. The van der Waals surface area contributed by atoms with Crippen molar-refractivity contribution in [3.05, 3.63) is 78.4 Å². The van der Waals surface area contributed by atoms with Gasteiger partial charge in [0.05, 0.1) is 0 Å². The first-order valence-electron chi connectivity index (χ1n) is 6.96. The lowest BCUT2D eigenvalue weighted by Gasteiger charge is -2.06. The molecule has 0 spiro atoms. The Morgan fingerprint density at radius 2 is 1.86 bits per heavy atom. The largest absolute Gasteiger partial charge is 0.367 e. The molecule has 0 aliphatic carbocycles. The molecule has 0 fully saturated rings. The average Bonchev–Trinajstić information content (AvgIpc) is 3.21. The Morgan fingerprint density at radius 3 is 2.52 bits per heavy atom. The molecule has 1 aromatic carbocycles.